The molecule has 0 atom stereocenters. The summed E-state index contributed by atoms with van der Waals surface area (Å²) in [6, 6.07) is 0. The number of nitrogens with zero attached hydrogens (tertiary/aromatic N) is 2. The minimum atomic E-state index is -0.396. The first kappa shape index (κ1) is 23.6. The second-order valence-corrected chi connectivity index (χ2v) is 8.31. The fourth-order valence-corrected chi connectivity index (χ4v) is 3.54. The van der Waals surface area contributed by atoms with Crippen LogP contribution in [0.4, 0.5) is 0 Å². The molecule has 0 aliphatic heterocycles. The molecule has 0 bridgehead atoms. The molecule has 0 unspecified atom stereocenters. The van der Waals surface area contributed by atoms with Crippen LogP contribution in [0.25, 0.3) is 0 Å². The summed E-state index contributed by atoms with van der Waals surface area (Å²) < 4.78 is 4.99. The van der Waals surface area contributed by atoms with Gasteiger partial charge < -0.3 is 9.64 Å². The number of unbranched alkanes of at least 4 members (excludes halogenated alkanes) is 5. The average molecular weight is 397 g/mol. The number of ether oxygens (including phenoxy) is 1. The number of carbonyl (C=O) groups excluding carboxylic acids is 2. The molecule has 154 valence electrons. The smallest absolute Gasteiger partial charge is 0.357 e. The minimum absolute atomic E-state index is 0.194. The van der Waals surface area contributed by atoms with E-state index < -0.39 is 5.97 Å². The van der Waals surface area contributed by atoms with E-state index >= 15 is 0 Å². The van der Waals surface area contributed by atoms with E-state index in [1.165, 1.54) is 37.0 Å². The Labute approximate surface area is 168 Å². The van der Waals surface area contributed by atoms with Crippen LogP contribution in [-0.2, 0) is 16.1 Å². The fraction of sp³-hybridized carbons (Fsp3) is 0.762. The summed E-state index contributed by atoms with van der Waals surface area (Å²) >= 11 is 1.42. The molecular weight excluding hydrogens is 360 g/mol. The Morgan fingerprint density at radius 3 is 2.52 bits per heavy atom. The topological polar surface area (TPSA) is 59.5 Å². The zero-order valence-electron chi connectivity index (χ0n) is 17.5. The lowest BCUT2D eigenvalue weighted by Crippen LogP contribution is -2.32. The summed E-state index contributed by atoms with van der Waals surface area (Å²) in [7, 11) is 0. The van der Waals surface area contributed by atoms with Crippen molar-refractivity contribution in [1.82, 2.24) is 9.88 Å². The number of esters is 1. The second-order valence-electron chi connectivity index (χ2n) is 7.36. The highest BCUT2D eigenvalue weighted by Gasteiger charge is 2.18. The van der Waals surface area contributed by atoms with Gasteiger partial charge in [-0.1, -0.05) is 52.9 Å². The average Bonchev–Trinajstić information content (AvgIpc) is 3.10. The van der Waals surface area contributed by atoms with Crippen molar-refractivity contribution in [3.05, 3.63) is 16.1 Å². The molecule has 1 amide bonds. The quantitative estimate of drug-likeness (QED) is 0.310. The maximum atomic E-state index is 12.7. The van der Waals surface area contributed by atoms with Crippen LogP contribution in [0.15, 0.2) is 5.38 Å². The van der Waals surface area contributed by atoms with Crippen molar-refractivity contribution in [1.29, 1.82) is 0 Å². The van der Waals surface area contributed by atoms with Gasteiger partial charge in [0, 0.05) is 18.3 Å². The maximum Gasteiger partial charge on any atom is 0.357 e. The van der Waals surface area contributed by atoms with Gasteiger partial charge in [-0.3, -0.25) is 4.79 Å². The fourth-order valence-electron chi connectivity index (χ4n) is 2.77. The Bertz CT molecular complexity index is 557. The Morgan fingerprint density at radius 2 is 1.85 bits per heavy atom. The second kappa shape index (κ2) is 13.7. The SMILES string of the molecule is CCCCCCCCC(=O)N(CCC(C)C)Cc1nc(C(=O)OCC)cs1. The zero-order valence-corrected chi connectivity index (χ0v) is 18.3. The highest BCUT2D eigenvalue weighted by atomic mass is 32.1. The van der Waals surface area contributed by atoms with Crippen LogP contribution in [0.1, 0.15) is 94.6 Å². The normalized spacial score (nSPS) is 11.0. The van der Waals surface area contributed by atoms with Gasteiger partial charge in [-0.15, -0.1) is 11.3 Å². The van der Waals surface area contributed by atoms with Crippen LogP contribution in [0.3, 0.4) is 0 Å². The van der Waals surface area contributed by atoms with E-state index in [1.807, 2.05) is 4.90 Å². The predicted molar refractivity (Wildman–Crippen MR) is 111 cm³/mol. The Morgan fingerprint density at radius 1 is 1.15 bits per heavy atom. The van der Waals surface area contributed by atoms with Crippen LogP contribution < -0.4 is 0 Å². The van der Waals surface area contributed by atoms with Gasteiger partial charge in [0.05, 0.1) is 13.2 Å². The van der Waals surface area contributed by atoms with E-state index in [4.69, 9.17) is 4.74 Å². The molecule has 0 N–H and O–H groups in total. The molecule has 0 aliphatic rings. The van der Waals surface area contributed by atoms with Crippen molar-refractivity contribution in [3.63, 3.8) is 0 Å². The Kier molecular flexibility index (Phi) is 12.0. The predicted octanol–water partition coefficient (Wildman–Crippen LogP) is 5.45. The number of aromatic nitrogens is 1. The number of thiazole rings is 1. The Balaban J connectivity index is 2.57. The first-order valence-corrected chi connectivity index (χ1v) is 11.2. The van der Waals surface area contributed by atoms with Gasteiger partial charge in [-0.25, -0.2) is 9.78 Å². The van der Waals surface area contributed by atoms with Crippen LogP contribution in [0, 0.1) is 5.92 Å². The van der Waals surface area contributed by atoms with Crippen molar-refractivity contribution < 1.29 is 14.3 Å². The lowest BCUT2D eigenvalue weighted by atomic mass is 10.1. The minimum Gasteiger partial charge on any atom is -0.461 e. The van der Waals surface area contributed by atoms with Crippen molar-refractivity contribution in [2.75, 3.05) is 13.2 Å². The molecule has 27 heavy (non-hydrogen) atoms. The molecule has 6 heteroatoms. The largest absolute Gasteiger partial charge is 0.461 e. The monoisotopic (exact) mass is 396 g/mol. The number of hydrogen-bond acceptors (Lipinski definition) is 5. The first-order valence-electron chi connectivity index (χ1n) is 10.4. The van der Waals surface area contributed by atoms with Gasteiger partial charge >= 0.3 is 5.97 Å². The van der Waals surface area contributed by atoms with Crippen molar-refractivity contribution in [3.8, 4) is 0 Å². The summed E-state index contributed by atoms with van der Waals surface area (Å²) in [6.45, 7) is 9.87. The summed E-state index contributed by atoms with van der Waals surface area (Å²) in [5, 5.41) is 2.50. The zero-order chi connectivity index (χ0) is 20.1. The van der Waals surface area contributed by atoms with Gasteiger partial charge in [0.1, 0.15) is 5.01 Å². The van der Waals surface area contributed by atoms with Gasteiger partial charge in [0.25, 0.3) is 0 Å². The highest BCUT2D eigenvalue weighted by molar-refractivity contribution is 7.09. The lowest BCUT2D eigenvalue weighted by Gasteiger charge is -2.22. The molecule has 0 aromatic carbocycles. The molecule has 1 aromatic heterocycles. The van der Waals surface area contributed by atoms with Gasteiger partial charge in [-0.2, -0.15) is 0 Å². The van der Waals surface area contributed by atoms with Gasteiger partial charge in [0.2, 0.25) is 5.91 Å². The molecule has 0 saturated heterocycles. The number of rotatable bonds is 14. The van der Waals surface area contributed by atoms with Crippen molar-refractivity contribution in [2.45, 2.75) is 85.6 Å². The first-order chi connectivity index (χ1) is 13.0. The van der Waals surface area contributed by atoms with Crippen LogP contribution in [0.2, 0.25) is 0 Å². The van der Waals surface area contributed by atoms with Gasteiger partial charge in [-0.05, 0) is 25.7 Å². The summed E-state index contributed by atoms with van der Waals surface area (Å²) in [5.41, 5.74) is 0.337. The van der Waals surface area contributed by atoms with Crippen LogP contribution >= 0.6 is 11.3 Å². The number of carbonyl (C=O) groups is 2. The van der Waals surface area contributed by atoms with Gasteiger partial charge in [0.15, 0.2) is 5.69 Å². The lowest BCUT2D eigenvalue weighted by molar-refractivity contribution is -0.132. The summed E-state index contributed by atoms with van der Waals surface area (Å²) in [5.74, 6) is 0.340. The number of amides is 1. The molecule has 1 rings (SSSR count). The number of hydrogen-bond donors (Lipinski definition) is 0. The molecule has 1 aromatic rings. The summed E-state index contributed by atoms with van der Waals surface area (Å²) in [6.07, 6.45) is 8.63. The molecule has 0 fully saturated rings. The Hall–Kier alpha value is -1.43. The molecule has 0 saturated carbocycles. The van der Waals surface area contributed by atoms with E-state index in [0.717, 1.165) is 30.8 Å². The third-order valence-electron chi connectivity index (χ3n) is 4.44. The third kappa shape index (κ3) is 9.89. The van der Waals surface area contributed by atoms with Crippen molar-refractivity contribution in [2.24, 2.45) is 5.92 Å². The van der Waals surface area contributed by atoms with E-state index in [2.05, 4.69) is 25.8 Å². The molecule has 0 radical (unpaired) electrons. The van der Waals surface area contributed by atoms with Crippen molar-refractivity contribution >= 4 is 23.2 Å². The van der Waals surface area contributed by atoms with Crippen LogP contribution in [-0.4, -0.2) is 34.9 Å². The summed E-state index contributed by atoms with van der Waals surface area (Å²) in [4.78, 5) is 30.7. The molecule has 5 nitrogen and oxygen atoms in total. The van der Waals surface area contributed by atoms with Crippen LogP contribution in [0.5, 0.6) is 0 Å². The molecule has 0 spiro atoms. The van der Waals surface area contributed by atoms with E-state index in [0.29, 0.717) is 31.2 Å². The standard InChI is InChI=1S/C21H36N2O3S/c1-5-7-8-9-10-11-12-20(24)23(14-13-17(3)4)15-19-22-18(16-27-19)21(25)26-6-2/h16-17H,5-15H2,1-4H3. The molecular formula is C21H36N2O3S. The third-order valence-corrected chi connectivity index (χ3v) is 5.27. The molecule has 1 heterocycles. The highest BCUT2D eigenvalue weighted by Crippen LogP contribution is 2.16. The maximum absolute atomic E-state index is 12.7. The van der Waals surface area contributed by atoms with E-state index in [1.54, 1.807) is 12.3 Å². The van der Waals surface area contributed by atoms with E-state index in [9.17, 15) is 9.59 Å². The van der Waals surface area contributed by atoms with E-state index in [-0.39, 0.29) is 5.91 Å². The molecule has 0 aliphatic carbocycles.